The van der Waals surface area contributed by atoms with Gasteiger partial charge in [-0.1, -0.05) is 19.0 Å². The van der Waals surface area contributed by atoms with Crippen LogP contribution in [0.5, 0.6) is 0 Å². The number of nitrogens with zero attached hydrogens (tertiary/aromatic N) is 2. The van der Waals surface area contributed by atoms with Crippen LogP contribution in [0.4, 0.5) is 5.82 Å². The molecule has 0 bridgehead atoms. The van der Waals surface area contributed by atoms with Gasteiger partial charge in [0.05, 0.1) is 11.0 Å². The molecule has 7 heteroatoms. The molecule has 1 heterocycles. The zero-order valence-electron chi connectivity index (χ0n) is 13.7. The minimum Gasteiger partial charge on any atom is -0.360 e. The fourth-order valence-corrected chi connectivity index (χ4v) is 2.70. The number of amides is 2. The van der Waals surface area contributed by atoms with Gasteiger partial charge in [0.2, 0.25) is 11.8 Å². The molecule has 0 unspecified atom stereocenters. The second kappa shape index (κ2) is 9.50. The molecule has 2 amide bonds. The summed E-state index contributed by atoms with van der Waals surface area (Å²) in [6.45, 7) is 9.19. The lowest BCUT2D eigenvalue weighted by Gasteiger charge is -2.22. The third kappa shape index (κ3) is 6.09. The van der Waals surface area contributed by atoms with Crippen LogP contribution in [-0.4, -0.2) is 46.0 Å². The third-order valence-corrected chi connectivity index (χ3v) is 4.17. The van der Waals surface area contributed by atoms with Crippen LogP contribution >= 0.6 is 11.8 Å². The summed E-state index contributed by atoms with van der Waals surface area (Å²) >= 11 is 1.34. The van der Waals surface area contributed by atoms with Crippen molar-refractivity contribution in [1.82, 2.24) is 10.1 Å². The van der Waals surface area contributed by atoms with Crippen molar-refractivity contribution in [2.24, 2.45) is 0 Å². The fraction of sp³-hybridized carbons (Fsp3) is 0.667. The van der Waals surface area contributed by atoms with E-state index < -0.39 is 0 Å². The molecule has 1 N–H and O–H groups in total. The Labute approximate surface area is 136 Å². The van der Waals surface area contributed by atoms with Gasteiger partial charge in [-0.25, -0.2) is 0 Å². The summed E-state index contributed by atoms with van der Waals surface area (Å²) in [7, 11) is 0. The van der Waals surface area contributed by atoms with E-state index in [0.717, 1.165) is 25.9 Å². The van der Waals surface area contributed by atoms with E-state index in [1.165, 1.54) is 11.8 Å². The van der Waals surface area contributed by atoms with Crippen molar-refractivity contribution in [3.8, 4) is 0 Å². The zero-order valence-corrected chi connectivity index (χ0v) is 14.5. The molecule has 1 aromatic heterocycles. The third-order valence-electron chi connectivity index (χ3n) is 3.05. The summed E-state index contributed by atoms with van der Waals surface area (Å²) in [4.78, 5) is 26.0. The van der Waals surface area contributed by atoms with E-state index in [-0.39, 0.29) is 17.1 Å². The van der Waals surface area contributed by atoms with Crippen molar-refractivity contribution in [2.45, 2.75) is 45.8 Å². The Balaban J connectivity index is 2.41. The van der Waals surface area contributed by atoms with Gasteiger partial charge in [0, 0.05) is 19.2 Å². The van der Waals surface area contributed by atoms with Crippen LogP contribution in [-0.2, 0) is 9.59 Å². The predicted molar refractivity (Wildman–Crippen MR) is 89.0 cm³/mol. The summed E-state index contributed by atoms with van der Waals surface area (Å²) in [5.74, 6) is 1.27. The van der Waals surface area contributed by atoms with Crippen molar-refractivity contribution >= 4 is 29.4 Å². The highest BCUT2D eigenvalue weighted by Crippen LogP contribution is 2.15. The standard InChI is InChI=1S/C15H25N3O3S/c1-5-7-18(8-6-2)14(19)10-22-12(4)15(20)16-13-9-11(3)21-17-13/h9,12H,5-8,10H2,1-4H3,(H,16,17,20)/t12-/m1/s1. The molecule has 0 radical (unpaired) electrons. The smallest absolute Gasteiger partial charge is 0.238 e. The van der Waals surface area contributed by atoms with Crippen LogP contribution in [0.15, 0.2) is 10.6 Å². The van der Waals surface area contributed by atoms with Crippen molar-refractivity contribution in [3.63, 3.8) is 0 Å². The molecule has 124 valence electrons. The molecule has 0 fully saturated rings. The molecule has 1 aromatic rings. The lowest BCUT2D eigenvalue weighted by Crippen LogP contribution is -2.35. The molecule has 0 aliphatic carbocycles. The lowest BCUT2D eigenvalue weighted by atomic mass is 10.3. The molecule has 0 aliphatic rings. The molecule has 0 aromatic carbocycles. The Morgan fingerprint density at radius 1 is 1.36 bits per heavy atom. The van der Waals surface area contributed by atoms with E-state index in [4.69, 9.17) is 4.52 Å². The Bertz CT molecular complexity index is 484. The van der Waals surface area contributed by atoms with E-state index in [1.54, 1.807) is 19.9 Å². The van der Waals surface area contributed by atoms with Gasteiger partial charge in [0.25, 0.3) is 0 Å². The number of aryl methyl sites for hydroxylation is 1. The van der Waals surface area contributed by atoms with E-state index >= 15 is 0 Å². The number of thioether (sulfide) groups is 1. The highest BCUT2D eigenvalue weighted by Gasteiger charge is 2.19. The highest BCUT2D eigenvalue weighted by atomic mass is 32.2. The van der Waals surface area contributed by atoms with Gasteiger partial charge in [-0.05, 0) is 26.7 Å². The Morgan fingerprint density at radius 3 is 2.50 bits per heavy atom. The molecule has 6 nitrogen and oxygen atoms in total. The van der Waals surface area contributed by atoms with E-state index in [0.29, 0.717) is 17.3 Å². The molecule has 0 spiro atoms. The van der Waals surface area contributed by atoms with Gasteiger partial charge >= 0.3 is 0 Å². The Kier molecular flexibility index (Phi) is 8.01. The Morgan fingerprint density at radius 2 is 2.00 bits per heavy atom. The lowest BCUT2D eigenvalue weighted by molar-refractivity contribution is -0.128. The topological polar surface area (TPSA) is 75.4 Å². The maximum Gasteiger partial charge on any atom is 0.238 e. The summed E-state index contributed by atoms with van der Waals surface area (Å²) in [6.07, 6.45) is 1.88. The van der Waals surface area contributed by atoms with Gasteiger partial charge in [-0.2, -0.15) is 0 Å². The predicted octanol–water partition coefficient (Wildman–Crippen LogP) is 2.69. The fourth-order valence-electron chi connectivity index (χ4n) is 1.92. The number of rotatable bonds is 9. The number of hydrogen-bond acceptors (Lipinski definition) is 5. The van der Waals surface area contributed by atoms with Crippen LogP contribution in [0.3, 0.4) is 0 Å². The summed E-state index contributed by atoms with van der Waals surface area (Å²) in [5.41, 5.74) is 0. The van der Waals surface area contributed by atoms with Gasteiger partial charge in [-0.15, -0.1) is 11.8 Å². The number of carbonyl (C=O) groups excluding carboxylic acids is 2. The number of anilines is 1. The molecular formula is C15H25N3O3S. The average molecular weight is 327 g/mol. The van der Waals surface area contributed by atoms with Crippen LogP contribution in [0.2, 0.25) is 0 Å². The van der Waals surface area contributed by atoms with E-state index in [2.05, 4.69) is 24.3 Å². The second-order valence-corrected chi connectivity index (χ2v) is 6.48. The number of nitrogens with one attached hydrogen (secondary N) is 1. The molecular weight excluding hydrogens is 302 g/mol. The average Bonchev–Trinajstić information content (AvgIpc) is 2.89. The van der Waals surface area contributed by atoms with Gasteiger partial charge < -0.3 is 14.7 Å². The van der Waals surface area contributed by atoms with Gasteiger partial charge in [-0.3, -0.25) is 9.59 Å². The maximum atomic E-state index is 12.2. The number of hydrogen-bond donors (Lipinski definition) is 1. The molecule has 0 saturated heterocycles. The first kappa shape index (κ1) is 18.5. The molecule has 1 rings (SSSR count). The molecule has 0 aliphatic heterocycles. The monoisotopic (exact) mass is 327 g/mol. The first-order chi connectivity index (χ1) is 10.5. The summed E-state index contributed by atoms with van der Waals surface area (Å²) < 4.78 is 4.90. The number of carbonyl (C=O) groups is 2. The Hall–Kier alpha value is -1.50. The molecule has 22 heavy (non-hydrogen) atoms. The maximum absolute atomic E-state index is 12.2. The second-order valence-electron chi connectivity index (χ2n) is 5.15. The quantitative estimate of drug-likeness (QED) is 0.755. The van der Waals surface area contributed by atoms with Crippen molar-refractivity contribution in [2.75, 3.05) is 24.2 Å². The van der Waals surface area contributed by atoms with E-state index in [9.17, 15) is 9.59 Å². The first-order valence-corrected chi connectivity index (χ1v) is 8.66. The van der Waals surface area contributed by atoms with E-state index in [1.807, 2.05) is 4.90 Å². The minimum absolute atomic E-state index is 0.0885. The van der Waals surface area contributed by atoms with Crippen molar-refractivity contribution < 1.29 is 14.1 Å². The van der Waals surface area contributed by atoms with Crippen molar-refractivity contribution in [3.05, 3.63) is 11.8 Å². The van der Waals surface area contributed by atoms with Gasteiger partial charge in [0.1, 0.15) is 5.76 Å². The zero-order chi connectivity index (χ0) is 16.5. The first-order valence-electron chi connectivity index (χ1n) is 7.61. The molecule has 1 atom stereocenters. The van der Waals surface area contributed by atoms with Crippen LogP contribution < -0.4 is 5.32 Å². The van der Waals surface area contributed by atoms with Crippen molar-refractivity contribution in [1.29, 1.82) is 0 Å². The SMILES string of the molecule is CCCN(CCC)C(=O)CS[C@H](C)C(=O)Nc1cc(C)on1. The molecule has 0 saturated carbocycles. The minimum atomic E-state index is -0.328. The van der Waals surface area contributed by atoms with Crippen LogP contribution in [0, 0.1) is 6.92 Å². The number of aromatic nitrogens is 1. The normalized spacial score (nSPS) is 12.0. The highest BCUT2D eigenvalue weighted by molar-refractivity contribution is 8.01. The summed E-state index contributed by atoms with van der Waals surface area (Å²) in [6, 6.07) is 1.66. The largest absolute Gasteiger partial charge is 0.360 e. The van der Waals surface area contributed by atoms with Crippen LogP contribution in [0.25, 0.3) is 0 Å². The summed E-state index contributed by atoms with van der Waals surface area (Å²) in [5, 5.41) is 6.07. The van der Waals surface area contributed by atoms with Gasteiger partial charge in [0.15, 0.2) is 5.82 Å². The van der Waals surface area contributed by atoms with Crippen LogP contribution in [0.1, 0.15) is 39.4 Å².